The van der Waals surface area contributed by atoms with Crippen molar-refractivity contribution in [3.63, 3.8) is 0 Å². The first-order chi connectivity index (χ1) is 9.94. The molecule has 4 heteroatoms. The van der Waals surface area contributed by atoms with Crippen LogP contribution in [0.5, 0.6) is 5.75 Å². The molecule has 0 saturated carbocycles. The van der Waals surface area contributed by atoms with Crippen molar-refractivity contribution in [1.82, 2.24) is 10.2 Å². The molecular weight excluding hydrogens is 264 g/mol. The van der Waals surface area contributed by atoms with Gasteiger partial charge >= 0.3 is 0 Å². The summed E-state index contributed by atoms with van der Waals surface area (Å²) in [4.78, 5) is 14.4. The van der Waals surface area contributed by atoms with E-state index in [4.69, 9.17) is 0 Å². The van der Waals surface area contributed by atoms with E-state index in [1.54, 1.807) is 12.1 Å². The maximum absolute atomic E-state index is 12.2. The van der Waals surface area contributed by atoms with Gasteiger partial charge in [-0.25, -0.2) is 0 Å². The van der Waals surface area contributed by atoms with Crippen molar-refractivity contribution >= 4 is 5.91 Å². The number of carbonyl (C=O) groups is 1. The zero-order valence-electron chi connectivity index (χ0n) is 13.1. The van der Waals surface area contributed by atoms with Crippen molar-refractivity contribution in [3.05, 3.63) is 29.8 Å². The van der Waals surface area contributed by atoms with Crippen LogP contribution in [0, 0.1) is 0 Å². The third-order valence-electron chi connectivity index (χ3n) is 3.88. The molecule has 1 aliphatic heterocycles. The highest BCUT2D eigenvalue weighted by atomic mass is 16.3. The van der Waals surface area contributed by atoms with Gasteiger partial charge in [0.25, 0.3) is 0 Å². The molecule has 1 aromatic carbocycles. The summed E-state index contributed by atoms with van der Waals surface area (Å²) in [6.45, 7) is 6.64. The topological polar surface area (TPSA) is 52.6 Å². The van der Waals surface area contributed by atoms with Gasteiger partial charge in [0, 0.05) is 5.54 Å². The second-order valence-electron chi connectivity index (χ2n) is 6.61. The Morgan fingerprint density at radius 1 is 1.19 bits per heavy atom. The molecule has 1 saturated heterocycles. The smallest absolute Gasteiger partial charge is 0.234 e. The molecule has 1 heterocycles. The minimum atomic E-state index is -0.288. The third kappa shape index (κ3) is 5.38. The summed E-state index contributed by atoms with van der Waals surface area (Å²) in [6, 6.07) is 7.16. The quantitative estimate of drug-likeness (QED) is 0.875. The Morgan fingerprint density at radius 2 is 1.81 bits per heavy atom. The molecule has 0 spiro atoms. The van der Waals surface area contributed by atoms with Crippen LogP contribution in [-0.4, -0.2) is 41.1 Å². The SMILES string of the molecule is CC(C)(Cc1ccc(O)cc1)NC(=O)CN1CCCCC1. The van der Waals surface area contributed by atoms with Crippen LogP contribution in [0.2, 0.25) is 0 Å². The van der Waals surface area contributed by atoms with Gasteiger partial charge in [0.15, 0.2) is 0 Å². The van der Waals surface area contributed by atoms with Crippen molar-refractivity contribution in [3.8, 4) is 5.75 Å². The van der Waals surface area contributed by atoms with Gasteiger partial charge in [0.2, 0.25) is 5.91 Å². The number of hydrogen-bond acceptors (Lipinski definition) is 3. The highest BCUT2D eigenvalue weighted by molar-refractivity contribution is 5.78. The van der Waals surface area contributed by atoms with Gasteiger partial charge in [0.05, 0.1) is 6.54 Å². The van der Waals surface area contributed by atoms with Crippen LogP contribution in [0.3, 0.4) is 0 Å². The Kier molecular flexibility index (Phi) is 5.23. The number of nitrogens with one attached hydrogen (secondary N) is 1. The molecule has 0 aliphatic carbocycles. The number of carbonyl (C=O) groups excluding carboxylic acids is 1. The minimum Gasteiger partial charge on any atom is -0.508 e. The van der Waals surface area contributed by atoms with E-state index in [1.165, 1.54) is 19.3 Å². The maximum Gasteiger partial charge on any atom is 0.234 e. The number of phenolic OH excluding ortho intramolecular Hbond substituents is 1. The number of rotatable bonds is 5. The van der Waals surface area contributed by atoms with Crippen LogP contribution in [0.4, 0.5) is 0 Å². The minimum absolute atomic E-state index is 0.0979. The maximum atomic E-state index is 12.2. The van der Waals surface area contributed by atoms with Gasteiger partial charge in [-0.2, -0.15) is 0 Å². The third-order valence-corrected chi connectivity index (χ3v) is 3.88. The van der Waals surface area contributed by atoms with Gasteiger partial charge in [-0.1, -0.05) is 18.6 Å². The van der Waals surface area contributed by atoms with Crippen LogP contribution in [0.15, 0.2) is 24.3 Å². The lowest BCUT2D eigenvalue weighted by Gasteiger charge is -2.30. The monoisotopic (exact) mass is 290 g/mol. The number of amides is 1. The van der Waals surface area contributed by atoms with Crippen molar-refractivity contribution in [2.45, 2.75) is 45.1 Å². The van der Waals surface area contributed by atoms with Gasteiger partial charge in [-0.05, 0) is 63.9 Å². The van der Waals surface area contributed by atoms with E-state index in [9.17, 15) is 9.90 Å². The highest BCUT2D eigenvalue weighted by Gasteiger charge is 2.22. The van der Waals surface area contributed by atoms with E-state index in [-0.39, 0.29) is 17.2 Å². The van der Waals surface area contributed by atoms with Crippen molar-refractivity contribution in [2.24, 2.45) is 0 Å². The Hall–Kier alpha value is -1.55. The second kappa shape index (κ2) is 6.94. The fraction of sp³-hybridized carbons (Fsp3) is 0.588. The fourth-order valence-corrected chi connectivity index (χ4v) is 2.91. The Labute approximate surface area is 127 Å². The van der Waals surface area contributed by atoms with Crippen molar-refractivity contribution < 1.29 is 9.90 Å². The van der Waals surface area contributed by atoms with Crippen LogP contribution in [-0.2, 0) is 11.2 Å². The number of aromatic hydroxyl groups is 1. The molecule has 0 unspecified atom stereocenters. The number of hydrogen-bond donors (Lipinski definition) is 2. The molecule has 1 amide bonds. The fourth-order valence-electron chi connectivity index (χ4n) is 2.91. The van der Waals surface area contributed by atoms with Gasteiger partial charge in [-0.3, -0.25) is 9.69 Å². The largest absolute Gasteiger partial charge is 0.508 e. The van der Waals surface area contributed by atoms with E-state index < -0.39 is 0 Å². The molecule has 2 rings (SSSR count). The summed E-state index contributed by atoms with van der Waals surface area (Å²) < 4.78 is 0. The molecule has 0 atom stereocenters. The molecule has 0 aromatic heterocycles. The molecule has 1 aliphatic rings. The summed E-state index contributed by atoms with van der Waals surface area (Å²) in [6.07, 6.45) is 4.43. The number of phenols is 1. The first-order valence-corrected chi connectivity index (χ1v) is 7.76. The van der Waals surface area contributed by atoms with Crippen LogP contribution in [0.1, 0.15) is 38.7 Å². The van der Waals surface area contributed by atoms with Gasteiger partial charge in [-0.15, -0.1) is 0 Å². The number of likely N-dealkylation sites (tertiary alicyclic amines) is 1. The molecule has 1 aromatic rings. The zero-order valence-corrected chi connectivity index (χ0v) is 13.1. The Morgan fingerprint density at radius 3 is 2.43 bits per heavy atom. The number of piperidine rings is 1. The van der Waals surface area contributed by atoms with E-state index in [2.05, 4.69) is 10.2 Å². The van der Waals surface area contributed by atoms with Crippen LogP contribution in [0.25, 0.3) is 0 Å². The summed E-state index contributed by atoms with van der Waals surface area (Å²) in [7, 11) is 0. The Balaban J connectivity index is 1.84. The summed E-state index contributed by atoms with van der Waals surface area (Å²) in [5.41, 5.74) is 0.820. The Bertz CT molecular complexity index is 462. The second-order valence-corrected chi connectivity index (χ2v) is 6.61. The van der Waals surface area contributed by atoms with Gasteiger partial charge < -0.3 is 10.4 Å². The molecule has 4 nitrogen and oxygen atoms in total. The van der Waals surface area contributed by atoms with E-state index in [0.29, 0.717) is 6.54 Å². The number of nitrogens with zero attached hydrogens (tertiary/aromatic N) is 1. The lowest BCUT2D eigenvalue weighted by Crippen LogP contribution is -2.49. The molecule has 1 fully saturated rings. The van der Waals surface area contributed by atoms with Gasteiger partial charge in [0.1, 0.15) is 5.75 Å². The number of benzene rings is 1. The molecule has 0 radical (unpaired) electrons. The first kappa shape index (κ1) is 15.8. The summed E-state index contributed by atoms with van der Waals surface area (Å²) in [5.74, 6) is 0.367. The van der Waals surface area contributed by atoms with Crippen LogP contribution < -0.4 is 5.32 Å². The lowest BCUT2D eigenvalue weighted by molar-refractivity contribution is -0.124. The highest BCUT2D eigenvalue weighted by Crippen LogP contribution is 2.16. The molecule has 0 bridgehead atoms. The summed E-state index contributed by atoms with van der Waals surface area (Å²) >= 11 is 0. The zero-order chi connectivity index (χ0) is 15.3. The first-order valence-electron chi connectivity index (χ1n) is 7.76. The van der Waals surface area contributed by atoms with E-state index in [1.807, 2.05) is 26.0 Å². The molecule has 2 N–H and O–H groups in total. The molecule has 21 heavy (non-hydrogen) atoms. The standard InChI is InChI=1S/C17H26N2O2/c1-17(2,12-14-6-8-15(20)9-7-14)18-16(21)13-19-10-4-3-5-11-19/h6-9,20H,3-5,10-13H2,1-2H3,(H,18,21). The molecule has 116 valence electrons. The lowest BCUT2D eigenvalue weighted by atomic mass is 9.95. The van der Waals surface area contributed by atoms with Crippen LogP contribution >= 0.6 is 0 Å². The van der Waals surface area contributed by atoms with E-state index >= 15 is 0 Å². The normalized spacial score (nSPS) is 16.7. The molecular formula is C17H26N2O2. The summed E-state index contributed by atoms with van der Waals surface area (Å²) in [5, 5.41) is 12.4. The van der Waals surface area contributed by atoms with Crippen molar-refractivity contribution in [2.75, 3.05) is 19.6 Å². The average molecular weight is 290 g/mol. The average Bonchev–Trinajstić information content (AvgIpc) is 2.41. The predicted molar refractivity (Wildman–Crippen MR) is 84.3 cm³/mol. The predicted octanol–water partition coefficient (Wildman–Crippen LogP) is 2.32. The van der Waals surface area contributed by atoms with E-state index in [0.717, 1.165) is 25.1 Å². The van der Waals surface area contributed by atoms with Crippen molar-refractivity contribution in [1.29, 1.82) is 0 Å².